The number of anilines is 1. The SMILES string of the molecule is COCCC1COC2(C1)CN(C(=O)Nc1ccc(C)c(C)c1)C2. The molecule has 1 aromatic carbocycles. The van der Waals surface area contributed by atoms with E-state index in [2.05, 4.69) is 19.2 Å². The summed E-state index contributed by atoms with van der Waals surface area (Å²) in [7, 11) is 1.73. The fraction of sp³-hybridized carbons (Fsp3) is 0.611. The van der Waals surface area contributed by atoms with Crippen LogP contribution in [0.2, 0.25) is 0 Å². The molecule has 0 aliphatic carbocycles. The van der Waals surface area contributed by atoms with Crippen molar-refractivity contribution >= 4 is 11.7 Å². The Kier molecular flexibility index (Phi) is 4.60. The number of carbonyl (C=O) groups is 1. The number of nitrogens with zero attached hydrogens (tertiary/aromatic N) is 1. The lowest BCUT2D eigenvalue weighted by atomic mass is 9.86. The molecular formula is C18H26N2O3. The lowest BCUT2D eigenvalue weighted by Gasteiger charge is -2.46. The van der Waals surface area contributed by atoms with Crippen LogP contribution in [0.5, 0.6) is 0 Å². The summed E-state index contributed by atoms with van der Waals surface area (Å²) in [5.74, 6) is 0.555. The summed E-state index contributed by atoms with van der Waals surface area (Å²) < 4.78 is 11.1. The van der Waals surface area contributed by atoms with Crippen LogP contribution in [0.3, 0.4) is 0 Å². The third kappa shape index (κ3) is 3.51. The maximum Gasteiger partial charge on any atom is 0.322 e. The lowest BCUT2D eigenvalue weighted by molar-refractivity contribution is -0.0894. The minimum atomic E-state index is -0.112. The molecule has 0 bridgehead atoms. The smallest absolute Gasteiger partial charge is 0.322 e. The zero-order chi connectivity index (χ0) is 16.4. The fourth-order valence-corrected chi connectivity index (χ4v) is 3.44. The highest BCUT2D eigenvalue weighted by Gasteiger charge is 2.51. The van der Waals surface area contributed by atoms with Crippen molar-refractivity contribution in [3.05, 3.63) is 29.3 Å². The lowest BCUT2D eigenvalue weighted by Crippen LogP contribution is -2.64. The van der Waals surface area contributed by atoms with Crippen molar-refractivity contribution in [1.29, 1.82) is 0 Å². The van der Waals surface area contributed by atoms with Crippen LogP contribution in [-0.2, 0) is 9.47 Å². The largest absolute Gasteiger partial charge is 0.385 e. The molecule has 3 rings (SSSR count). The zero-order valence-corrected chi connectivity index (χ0v) is 14.2. The molecule has 2 aliphatic rings. The van der Waals surface area contributed by atoms with Gasteiger partial charge in [0.1, 0.15) is 5.60 Å². The van der Waals surface area contributed by atoms with Crippen molar-refractivity contribution < 1.29 is 14.3 Å². The number of amides is 2. The molecule has 2 amide bonds. The molecule has 2 fully saturated rings. The molecule has 1 N–H and O–H groups in total. The van der Waals surface area contributed by atoms with Crippen molar-refractivity contribution in [2.45, 2.75) is 32.3 Å². The second kappa shape index (κ2) is 6.49. The van der Waals surface area contributed by atoms with Crippen LogP contribution in [0.1, 0.15) is 24.0 Å². The standard InChI is InChI=1S/C18H26N2O3/c1-13-4-5-16(8-14(13)2)19-17(21)20-11-18(12-20)9-15(10-23-18)6-7-22-3/h4-5,8,15H,6-7,9-12H2,1-3H3,(H,19,21). The van der Waals surface area contributed by atoms with Crippen molar-refractivity contribution in [3.63, 3.8) is 0 Å². The van der Waals surface area contributed by atoms with E-state index < -0.39 is 0 Å². The number of likely N-dealkylation sites (tertiary alicyclic amines) is 1. The number of hydrogen-bond acceptors (Lipinski definition) is 3. The van der Waals surface area contributed by atoms with Crippen LogP contribution >= 0.6 is 0 Å². The summed E-state index contributed by atoms with van der Waals surface area (Å²) in [5, 5.41) is 2.98. The maximum absolute atomic E-state index is 12.3. The zero-order valence-electron chi connectivity index (χ0n) is 14.2. The Bertz CT molecular complexity index is 582. The summed E-state index contributed by atoms with van der Waals surface area (Å²) >= 11 is 0. The molecule has 1 spiro atoms. The van der Waals surface area contributed by atoms with Gasteiger partial charge in [0.2, 0.25) is 0 Å². The number of nitrogens with one attached hydrogen (secondary N) is 1. The van der Waals surface area contributed by atoms with Gasteiger partial charge in [-0.2, -0.15) is 0 Å². The van der Waals surface area contributed by atoms with Gasteiger partial charge in [0.05, 0.1) is 19.7 Å². The molecule has 2 saturated heterocycles. The van der Waals surface area contributed by atoms with Crippen LogP contribution in [0.4, 0.5) is 10.5 Å². The first-order chi connectivity index (χ1) is 11.0. The second-order valence-corrected chi connectivity index (χ2v) is 6.93. The minimum Gasteiger partial charge on any atom is -0.385 e. The van der Waals surface area contributed by atoms with Crippen molar-refractivity contribution in [2.75, 3.05) is 38.7 Å². The highest BCUT2D eigenvalue weighted by atomic mass is 16.5. The van der Waals surface area contributed by atoms with Gasteiger partial charge in [-0.05, 0) is 55.9 Å². The van der Waals surface area contributed by atoms with Crippen LogP contribution in [-0.4, -0.2) is 49.9 Å². The number of aryl methyl sites for hydroxylation is 2. The average Bonchev–Trinajstić information content (AvgIpc) is 2.92. The Morgan fingerprint density at radius 2 is 2.17 bits per heavy atom. The quantitative estimate of drug-likeness (QED) is 0.928. The van der Waals surface area contributed by atoms with Crippen molar-refractivity contribution in [3.8, 4) is 0 Å². The molecule has 1 unspecified atom stereocenters. The van der Waals surface area contributed by atoms with Gasteiger partial charge < -0.3 is 19.7 Å². The Morgan fingerprint density at radius 3 is 2.87 bits per heavy atom. The van der Waals surface area contributed by atoms with Gasteiger partial charge >= 0.3 is 6.03 Å². The highest BCUT2D eigenvalue weighted by Crippen LogP contribution is 2.39. The third-order valence-corrected chi connectivity index (χ3v) is 5.02. The molecule has 5 nitrogen and oxygen atoms in total. The van der Waals surface area contributed by atoms with Crippen LogP contribution < -0.4 is 5.32 Å². The van der Waals surface area contributed by atoms with Gasteiger partial charge in [-0.1, -0.05) is 6.07 Å². The summed E-state index contributed by atoms with van der Waals surface area (Å²) in [6.07, 6.45) is 2.07. The number of urea groups is 1. The van der Waals surface area contributed by atoms with Crippen LogP contribution in [0.15, 0.2) is 18.2 Å². The first-order valence-corrected chi connectivity index (χ1v) is 8.27. The van der Waals surface area contributed by atoms with E-state index in [0.717, 1.165) is 31.7 Å². The predicted octanol–water partition coefficient (Wildman–Crippen LogP) is 2.96. The number of rotatable bonds is 4. The van der Waals surface area contributed by atoms with E-state index >= 15 is 0 Å². The topological polar surface area (TPSA) is 50.8 Å². The van der Waals surface area contributed by atoms with E-state index in [1.165, 1.54) is 11.1 Å². The van der Waals surface area contributed by atoms with Crippen LogP contribution in [0, 0.1) is 19.8 Å². The number of methoxy groups -OCH3 is 1. The van der Waals surface area contributed by atoms with Crippen molar-refractivity contribution in [2.24, 2.45) is 5.92 Å². The summed E-state index contributed by atoms with van der Waals surface area (Å²) in [5.41, 5.74) is 3.15. The van der Waals surface area contributed by atoms with Gasteiger partial charge in [0.25, 0.3) is 0 Å². The second-order valence-electron chi connectivity index (χ2n) is 6.93. The first-order valence-electron chi connectivity index (χ1n) is 8.27. The highest BCUT2D eigenvalue weighted by molar-refractivity contribution is 5.90. The van der Waals surface area contributed by atoms with Crippen molar-refractivity contribution in [1.82, 2.24) is 4.90 Å². The van der Waals surface area contributed by atoms with Crippen LogP contribution in [0.25, 0.3) is 0 Å². The molecule has 2 aliphatic heterocycles. The van der Waals surface area contributed by atoms with E-state index in [-0.39, 0.29) is 11.6 Å². The Hall–Kier alpha value is -1.59. The molecule has 0 aromatic heterocycles. The summed E-state index contributed by atoms with van der Waals surface area (Å²) in [6, 6.07) is 5.95. The normalized spacial score (nSPS) is 22.2. The molecule has 23 heavy (non-hydrogen) atoms. The van der Waals surface area contributed by atoms with E-state index in [1.54, 1.807) is 7.11 Å². The molecular weight excluding hydrogens is 292 g/mol. The minimum absolute atomic E-state index is 0.0391. The number of carbonyl (C=O) groups excluding carboxylic acids is 1. The molecule has 126 valence electrons. The molecule has 0 radical (unpaired) electrons. The van der Waals surface area contributed by atoms with E-state index in [0.29, 0.717) is 19.0 Å². The average molecular weight is 318 g/mol. The van der Waals surface area contributed by atoms with Gasteiger partial charge in [-0.25, -0.2) is 4.79 Å². The van der Waals surface area contributed by atoms with Gasteiger partial charge in [-0.3, -0.25) is 0 Å². The fourth-order valence-electron chi connectivity index (χ4n) is 3.44. The number of hydrogen-bond donors (Lipinski definition) is 1. The summed E-state index contributed by atoms with van der Waals surface area (Å²) in [6.45, 7) is 7.06. The first kappa shape index (κ1) is 16.3. The Labute approximate surface area is 137 Å². The van der Waals surface area contributed by atoms with Gasteiger partial charge in [-0.15, -0.1) is 0 Å². The number of benzene rings is 1. The third-order valence-electron chi connectivity index (χ3n) is 5.02. The summed E-state index contributed by atoms with van der Waals surface area (Å²) in [4.78, 5) is 14.2. The molecule has 5 heteroatoms. The van der Waals surface area contributed by atoms with E-state index in [9.17, 15) is 4.79 Å². The molecule has 1 atom stereocenters. The molecule has 0 saturated carbocycles. The monoisotopic (exact) mass is 318 g/mol. The van der Waals surface area contributed by atoms with E-state index in [1.807, 2.05) is 23.1 Å². The molecule has 2 heterocycles. The Balaban J connectivity index is 1.49. The van der Waals surface area contributed by atoms with Gasteiger partial charge in [0.15, 0.2) is 0 Å². The Morgan fingerprint density at radius 1 is 1.39 bits per heavy atom. The van der Waals surface area contributed by atoms with E-state index in [4.69, 9.17) is 9.47 Å². The maximum atomic E-state index is 12.3. The molecule has 1 aromatic rings. The van der Waals surface area contributed by atoms with Gasteiger partial charge in [0, 0.05) is 19.4 Å². The predicted molar refractivity (Wildman–Crippen MR) is 89.8 cm³/mol. The number of ether oxygens (including phenoxy) is 2.